The molecule has 2 aliphatic rings. The predicted octanol–water partition coefficient (Wildman–Crippen LogP) is 4.33. The Hall–Kier alpha value is -6.57. The summed E-state index contributed by atoms with van der Waals surface area (Å²) in [5.41, 5.74) is 1.31. The molecule has 2 aliphatic heterocycles. The van der Waals surface area contributed by atoms with Gasteiger partial charge < -0.3 is 50.4 Å². The number of cyclic esters (lactones) is 1. The zero-order chi connectivity index (χ0) is 57.4. The van der Waals surface area contributed by atoms with Crippen LogP contribution in [-0.2, 0) is 60.9 Å². The van der Waals surface area contributed by atoms with Crippen molar-refractivity contribution in [2.24, 2.45) is 29.6 Å². The molecule has 0 aliphatic carbocycles. The van der Waals surface area contributed by atoms with E-state index in [0.717, 1.165) is 4.90 Å². The minimum absolute atomic E-state index is 0.0811. The van der Waals surface area contributed by atoms with Crippen LogP contribution < -0.4 is 26.0 Å². The third kappa shape index (κ3) is 17.5. The standard InChI is InChI=1S/C57H85N7O13/c1-14-35(8)48-45(65)30-46(66)59-47(34(6)7)50(67)36(9)51(68)58-41(27-32(2)3)54(71)64-26-18-21-42(64)55(72)62(11)44(29-38-22-24-40(75-13)25-23-38)56(73)77-37(10)49(53(70)60-48)61-52(69)43(28-33(4)5)63(12)57(74)76-31-39-19-16-15-17-20-39/h15-17,19-20,22-25,32-37,41-45,47-49,65H,14,18,21,26-31H2,1-13H3,(H,58,68)(H,59,66)(H,60,70)(H,61,69)/t35-,36-,37+,41-,42?,43+,44-,45-,47-,48+,49-/m0/s1. The van der Waals surface area contributed by atoms with Crippen LogP contribution in [0.2, 0.25) is 0 Å². The number of carbonyl (C=O) groups excluding carboxylic acids is 9. The number of nitrogens with zero attached hydrogens (tertiary/aromatic N) is 3. The molecule has 426 valence electrons. The highest BCUT2D eigenvalue weighted by Crippen LogP contribution is 2.26. The zero-order valence-electron chi connectivity index (χ0n) is 47.3. The molecule has 2 aromatic carbocycles. The molecule has 2 aromatic rings. The van der Waals surface area contributed by atoms with E-state index in [9.17, 15) is 48.3 Å². The lowest BCUT2D eigenvalue weighted by atomic mass is 9.89. The number of carbonyl (C=O) groups is 9. The number of esters is 1. The second kappa shape index (κ2) is 29.2. The van der Waals surface area contributed by atoms with Crippen LogP contribution in [0.3, 0.4) is 0 Å². The molecule has 1 unspecified atom stereocenters. The molecule has 4 rings (SSSR count). The first-order valence-corrected chi connectivity index (χ1v) is 27.1. The van der Waals surface area contributed by atoms with Crippen LogP contribution in [0, 0.1) is 29.6 Å². The fourth-order valence-corrected chi connectivity index (χ4v) is 9.68. The Balaban J connectivity index is 1.86. The highest BCUT2D eigenvalue weighted by molar-refractivity contribution is 6.06. The van der Waals surface area contributed by atoms with Crippen LogP contribution in [0.4, 0.5) is 4.79 Å². The number of aliphatic hydroxyl groups excluding tert-OH is 1. The van der Waals surface area contributed by atoms with Crippen LogP contribution in [-0.4, -0.2) is 155 Å². The van der Waals surface area contributed by atoms with Gasteiger partial charge in [0.1, 0.15) is 48.7 Å². The van der Waals surface area contributed by atoms with Crippen molar-refractivity contribution < 1.29 is 62.5 Å². The Morgan fingerprint density at radius 2 is 1.51 bits per heavy atom. The topological polar surface area (TPSA) is 259 Å². The Morgan fingerprint density at radius 3 is 2.09 bits per heavy atom. The van der Waals surface area contributed by atoms with Crippen LogP contribution in [0.15, 0.2) is 54.6 Å². The van der Waals surface area contributed by atoms with Crippen molar-refractivity contribution in [1.82, 2.24) is 36.0 Å². The van der Waals surface area contributed by atoms with Crippen LogP contribution in [0.5, 0.6) is 5.75 Å². The summed E-state index contributed by atoms with van der Waals surface area (Å²) in [5, 5.41) is 22.9. The number of fused-ring (bicyclic) bond motifs is 1. The molecule has 0 aromatic heterocycles. The van der Waals surface area contributed by atoms with Crippen molar-refractivity contribution in [2.75, 3.05) is 27.7 Å². The number of amides is 7. The van der Waals surface area contributed by atoms with Crippen molar-refractivity contribution in [3.63, 3.8) is 0 Å². The smallest absolute Gasteiger partial charge is 0.410 e. The Labute approximate surface area is 454 Å². The van der Waals surface area contributed by atoms with Crippen molar-refractivity contribution in [3.05, 3.63) is 65.7 Å². The minimum Gasteiger partial charge on any atom is -0.497 e. The average Bonchev–Trinajstić information content (AvgIpc) is 3.89. The van der Waals surface area contributed by atoms with Gasteiger partial charge in [0.2, 0.25) is 35.4 Å². The summed E-state index contributed by atoms with van der Waals surface area (Å²) in [6.45, 7) is 17.2. The van der Waals surface area contributed by atoms with Gasteiger partial charge in [0.15, 0.2) is 5.78 Å². The van der Waals surface area contributed by atoms with Gasteiger partial charge in [-0.05, 0) is 86.5 Å². The second-order valence-corrected chi connectivity index (χ2v) is 21.9. The lowest BCUT2D eigenvalue weighted by Crippen LogP contribution is -2.61. The normalized spacial score (nSPS) is 25.6. The van der Waals surface area contributed by atoms with Gasteiger partial charge in [-0.2, -0.15) is 0 Å². The average molecular weight is 1080 g/mol. The molecule has 2 heterocycles. The van der Waals surface area contributed by atoms with E-state index in [1.54, 1.807) is 69.3 Å². The van der Waals surface area contributed by atoms with E-state index in [4.69, 9.17) is 14.2 Å². The summed E-state index contributed by atoms with van der Waals surface area (Å²) in [6, 6.07) is 6.91. The van der Waals surface area contributed by atoms with Gasteiger partial charge in [-0.25, -0.2) is 9.59 Å². The maximum absolute atomic E-state index is 14.9. The third-order valence-corrected chi connectivity index (χ3v) is 14.6. The molecule has 20 nitrogen and oxygen atoms in total. The number of methoxy groups -OCH3 is 1. The number of likely N-dealkylation sites (N-methyl/N-ethyl adjacent to an activating group) is 2. The first-order valence-electron chi connectivity index (χ1n) is 27.1. The molecule has 0 spiro atoms. The van der Waals surface area contributed by atoms with Gasteiger partial charge in [-0.15, -0.1) is 0 Å². The molecule has 2 saturated heterocycles. The van der Waals surface area contributed by atoms with Crippen LogP contribution in [0.25, 0.3) is 0 Å². The van der Waals surface area contributed by atoms with E-state index >= 15 is 0 Å². The van der Waals surface area contributed by atoms with Gasteiger partial charge >= 0.3 is 12.1 Å². The third-order valence-electron chi connectivity index (χ3n) is 14.6. The summed E-state index contributed by atoms with van der Waals surface area (Å²) in [4.78, 5) is 133. The van der Waals surface area contributed by atoms with E-state index < -0.39 is 132 Å². The highest BCUT2D eigenvalue weighted by Gasteiger charge is 2.44. The van der Waals surface area contributed by atoms with Gasteiger partial charge in [-0.1, -0.05) is 104 Å². The number of benzene rings is 2. The fourth-order valence-electron chi connectivity index (χ4n) is 9.68. The van der Waals surface area contributed by atoms with Crippen LogP contribution in [0.1, 0.15) is 119 Å². The van der Waals surface area contributed by atoms with E-state index in [-0.39, 0.29) is 50.7 Å². The van der Waals surface area contributed by atoms with Crippen LogP contribution >= 0.6 is 0 Å². The number of rotatable bonds is 15. The number of ether oxygens (including phenoxy) is 3. The van der Waals surface area contributed by atoms with E-state index in [1.807, 2.05) is 40.7 Å². The number of Topliss-reactive ketones (excluding diaryl/α,β-unsaturated/α-hetero) is 1. The monoisotopic (exact) mass is 1080 g/mol. The lowest BCUT2D eigenvalue weighted by molar-refractivity contribution is -0.162. The number of hydrogen-bond donors (Lipinski definition) is 5. The summed E-state index contributed by atoms with van der Waals surface area (Å²) >= 11 is 0. The summed E-state index contributed by atoms with van der Waals surface area (Å²) in [6.07, 6.45) is -3.26. The second-order valence-electron chi connectivity index (χ2n) is 21.9. The molecular weight excluding hydrogens is 991 g/mol. The van der Waals surface area contributed by atoms with E-state index in [2.05, 4.69) is 21.3 Å². The van der Waals surface area contributed by atoms with Crippen molar-refractivity contribution in [2.45, 2.75) is 175 Å². The number of ketones is 1. The molecule has 11 atom stereocenters. The maximum atomic E-state index is 14.9. The number of nitrogens with one attached hydrogen (secondary N) is 4. The van der Waals surface area contributed by atoms with Gasteiger partial charge in [-0.3, -0.25) is 38.5 Å². The fraction of sp³-hybridized carbons (Fsp3) is 0.632. The SMILES string of the molecule is CC[C@H](C)[C@H]1NC(=O)[C@@H](NC(=O)[C@@H](CC(C)C)N(C)C(=O)OCc2ccccc2)[C@@H](C)OC(=O)[C@H](Cc2ccc(OC)cc2)N(C)C(=O)C2CCCN2C(=O)[C@H](CC(C)C)NC(=O)[C@@H](C)C(=O)[C@H](C(C)C)NC(=O)C[C@@H]1O. The highest BCUT2D eigenvalue weighted by atomic mass is 16.6. The van der Waals surface area contributed by atoms with E-state index in [1.165, 1.54) is 44.9 Å². The van der Waals surface area contributed by atoms with Crippen molar-refractivity contribution in [3.8, 4) is 5.75 Å². The van der Waals surface area contributed by atoms with Gasteiger partial charge in [0.25, 0.3) is 0 Å². The van der Waals surface area contributed by atoms with Gasteiger partial charge in [0.05, 0.1) is 37.6 Å². The van der Waals surface area contributed by atoms with E-state index in [0.29, 0.717) is 29.7 Å². The molecule has 20 heteroatoms. The summed E-state index contributed by atoms with van der Waals surface area (Å²) in [5.74, 6) is -8.08. The number of hydrogen-bond acceptors (Lipinski definition) is 13. The summed E-state index contributed by atoms with van der Waals surface area (Å²) < 4.78 is 17.1. The molecular formula is C57H85N7O13. The molecule has 5 N–H and O–H groups in total. The molecule has 0 radical (unpaired) electrons. The van der Waals surface area contributed by atoms with Gasteiger partial charge in [0, 0.05) is 27.1 Å². The van der Waals surface area contributed by atoms with Crippen molar-refractivity contribution in [1.29, 1.82) is 0 Å². The minimum atomic E-state index is -1.71. The lowest BCUT2D eigenvalue weighted by Gasteiger charge is -2.36. The Kier molecular flexibility index (Phi) is 23.9. The Morgan fingerprint density at radius 1 is 0.857 bits per heavy atom. The number of aliphatic hydroxyl groups is 1. The molecule has 0 bridgehead atoms. The first-order chi connectivity index (χ1) is 36.3. The molecule has 2 fully saturated rings. The maximum Gasteiger partial charge on any atom is 0.410 e. The zero-order valence-corrected chi connectivity index (χ0v) is 47.3. The predicted molar refractivity (Wildman–Crippen MR) is 287 cm³/mol. The van der Waals surface area contributed by atoms with Crippen molar-refractivity contribution >= 4 is 53.3 Å². The quantitative estimate of drug-likeness (QED) is 0.123. The molecule has 77 heavy (non-hydrogen) atoms. The largest absolute Gasteiger partial charge is 0.497 e. The Bertz CT molecular complexity index is 2350. The molecule has 0 saturated carbocycles. The molecule has 7 amide bonds. The summed E-state index contributed by atoms with van der Waals surface area (Å²) in [7, 11) is 4.32. The first kappa shape index (κ1) is 63.0.